The maximum atomic E-state index is 5.90. The molecular weight excluding hydrogens is 250 g/mol. The van der Waals surface area contributed by atoms with E-state index in [9.17, 15) is 0 Å². The number of benzene rings is 1. The fourth-order valence-electron chi connectivity index (χ4n) is 1.72. The number of halogens is 1. The summed E-state index contributed by atoms with van der Waals surface area (Å²) in [6.45, 7) is 0.373. The lowest BCUT2D eigenvalue weighted by atomic mass is 10.2. The van der Waals surface area contributed by atoms with Crippen LogP contribution in [0.15, 0.2) is 53.2 Å². The van der Waals surface area contributed by atoms with E-state index in [1.807, 2.05) is 30.3 Å². The van der Waals surface area contributed by atoms with Gasteiger partial charge in [-0.25, -0.2) is 0 Å². The van der Waals surface area contributed by atoms with Gasteiger partial charge in [0, 0.05) is 22.7 Å². The second kappa shape index (κ2) is 4.70. The van der Waals surface area contributed by atoms with Gasteiger partial charge in [0.2, 0.25) is 0 Å². The van der Waals surface area contributed by atoms with Crippen LogP contribution in [-0.2, 0) is 6.61 Å². The molecule has 3 nitrogen and oxygen atoms in total. The zero-order valence-electron chi connectivity index (χ0n) is 9.47. The first-order chi connectivity index (χ1) is 8.81. The lowest BCUT2D eigenvalue weighted by Crippen LogP contribution is -1.93. The molecule has 0 radical (unpaired) electrons. The summed E-state index contributed by atoms with van der Waals surface area (Å²) in [5.74, 6) is 1.48. The monoisotopic (exact) mass is 259 g/mol. The zero-order chi connectivity index (χ0) is 12.4. The number of rotatable bonds is 3. The number of hydrogen-bond donors (Lipinski definition) is 0. The molecule has 4 heteroatoms. The third kappa shape index (κ3) is 2.31. The molecule has 0 unspecified atom stereocenters. The van der Waals surface area contributed by atoms with Crippen LogP contribution in [-0.4, -0.2) is 4.98 Å². The van der Waals surface area contributed by atoms with Crippen LogP contribution in [0.4, 0.5) is 0 Å². The van der Waals surface area contributed by atoms with E-state index in [0.29, 0.717) is 11.6 Å². The zero-order valence-corrected chi connectivity index (χ0v) is 10.2. The van der Waals surface area contributed by atoms with E-state index in [1.54, 1.807) is 18.5 Å². The number of pyridine rings is 1. The highest BCUT2D eigenvalue weighted by Crippen LogP contribution is 2.23. The molecule has 3 rings (SSSR count). The first-order valence-corrected chi connectivity index (χ1v) is 5.90. The van der Waals surface area contributed by atoms with Crippen LogP contribution in [0.2, 0.25) is 5.02 Å². The Balaban J connectivity index is 1.79. The molecule has 0 spiro atoms. The highest BCUT2D eigenvalue weighted by Gasteiger charge is 2.05. The van der Waals surface area contributed by atoms with Crippen molar-refractivity contribution in [1.82, 2.24) is 4.98 Å². The highest BCUT2D eigenvalue weighted by molar-refractivity contribution is 6.31. The summed E-state index contributed by atoms with van der Waals surface area (Å²) in [4.78, 5) is 3.98. The van der Waals surface area contributed by atoms with Gasteiger partial charge >= 0.3 is 0 Å². The summed E-state index contributed by atoms with van der Waals surface area (Å²) in [5, 5.41) is 1.68. The predicted molar refractivity (Wildman–Crippen MR) is 69.8 cm³/mol. The van der Waals surface area contributed by atoms with E-state index in [-0.39, 0.29) is 0 Å². The minimum atomic E-state index is 0.373. The van der Waals surface area contributed by atoms with Crippen molar-refractivity contribution in [3.8, 4) is 5.75 Å². The van der Waals surface area contributed by atoms with Gasteiger partial charge in [-0.05, 0) is 30.3 Å². The molecule has 0 bridgehead atoms. The van der Waals surface area contributed by atoms with Crippen molar-refractivity contribution in [3.05, 3.63) is 59.6 Å². The second-order valence-electron chi connectivity index (χ2n) is 3.87. The molecule has 0 saturated carbocycles. The van der Waals surface area contributed by atoms with Crippen LogP contribution in [0.1, 0.15) is 5.76 Å². The van der Waals surface area contributed by atoms with Gasteiger partial charge in [0.1, 0.15) is 23.7 Å². The average molecular weight is 260 g/mol. The van der Waals surface area contributed by atoms with Crippen LogP contribution in [0, 0.1) is 0 Å². The second-order valence-corrected chi connectivity index (χ2v) is 4.31. The summed E-state index contributed by atoms with van der Waals surface area (Å²) in [5.41, 5.74) is 0.771. The van der Waals surface area contributed by atoms with Crippen LogP contribution in [0.3, 0.4) is 0 Å². The predicted octanol–water partition coefficient (Wildman–Crippen LogP) is 4.06. The smallest absolute Gasteiger partial charge is 0.146 e. The van der Waals surface area contributed by atoms with Gasteiger partial charge in [0.15, 0.2) is 0 Å². The molecule has 18 heavy (non-hydrogen) atoms. The van der Waals surface area contributed by atoms with Gasteiger partial charge in [-0.15, -0.1) is 0 Å². The highest BCUT2D eigenvalue weighted by atomic mass is 35.5. The maximum absolute atomic E-state index is 5.90. The van der Waals surface area contributed by atoms with Crippen LogP contribution in [0.25, 0.3) is 11.0 Å². The molecule has 90 valence electrons. The molecule has 0 amide bonds. The molecule has 0 atom stereocenters. The Labute approximate surface area is 109 Å². The topological polar surface area (TPSA) is 35.3 Å². The van der Waals surface area contributed by atoms with E-state index in [0.717, 1.165) is 22.5 Å². The lowest BCUT2D eigenvalue weighted by molar-refractivity contribution is 0.273. The van der Waals surface area contributed by atoms with E-state index >= 15 is 0 Å². The fourth-order valence-corrected chi connectivity index (χ4v) is 1.88. The van der Waals surface area contributed by atoms with Gasteiger partial charge in [0.25, 0.3) is 0 Å². The molecule has 0 aliphatic rings. The van der Waals surface area contributed by atoms with E-state index in [2.05, 4.69) is 4.98 Å². The van der Waals surface area contributed by atoms with Gasteiger partial charge in [-0.2, -0.15) is 0 Å². The fraction of sp³-hybridized carbons (Fsp3) is 0.0714. The van der Waals surface area contributed by atoms with Gasteiger partial charge in [-0.1, -0.05) is 11.6 Å². The molecule has 0 aliphatic carbocycles. The average Bonchev–Trinajstić information content (AvgIpc) is 2.79. The van der Waals surface area contributed by atoms with E-state index < -0.39 is 0 Å². The SMILES string of the molecule is Clc1ccc2cc(COc3cccnc3)oc2c1. The number of aromatic nitrogens is 1. The van der Waals surface area contributed by atoms with Crippen LogP contribution in [0.5, 0.6) is 5.75 Å². The van der Waals surface area contributed by atoms with Crippen molar-refractivity contribution in [1.29, 1.82) is 0 Å². The number of hydrogen-bond acceptors (Lipinski definition) is 3. The minimum Gasteiger partial charge on any atom is -0.484 e. The number of furan rings is 1. The molecule has 2 heterocycles. The van der Waals surface area contributed by atoms with E-state index in [1.165, 1.54) is 0 Å². The van der Waals surface area contributed by atoms with Crippen LogP contribution < -0.4 is 4.74 Å². The lowest BCUT2D eigenvalue weighted by Gasteiger charge is -2.01. The Bertz CT molecular complexity index is 664. The Hall–Kier alpha value is -2.00. The van der Waals surface area contributed by atoms with Crippen molar-refractivity contribution < 1.29 is 9.15 Å². The molecule has 0 fully saturated rings. The van der Waals surface area contributed by atoms with Gasteiger partial charge in [0.05, 0.1) is 6.20 Å². The van der Waals surface area contributed by atoms with E-state index in [4.69, 9.17) is 20.8 Å². The summed E-state index contributed by atoms with van der Waals surface area (Å²) >= 11 is 5.90. The third-order valence-corrected chi connectivity index (χ3v) is 2.78. The molecule has 3 aromatic rings. The normalized spacial score (nSPS) is 10.7. The maximum Gasteiger partial charge on any atom is 0.146 e. The summed E-state index contributed by atoms with van der Waals surface area (Å²) in [6.07, 6.45) is 3.37. The summed E-state index contributed by atoms with van der Waals surface area (Å²) < 4.78 is 11.2. The molecular formula is C14H10ClNO2. The molecule has 0 N–H and O–H groups in total. The molecule has 2 aromatic heterocycles. The summed E-state index contributed by atoms with van der Waals surface area (Å²) in [7, 11) is 0. The number of fused-ring (bicyclic) bond motifs is 1. The van der Waals surface area contributed by atoms with Crippen molar-refractivity contribution >= 4 is 22.6 Å². The van der Waals surface area contributed by atoms with Crippen molar-refractivity contribution in [2.75, 3.05) is 0 Å². The Kier molecular flexibility index (Phi) is 2.90. The largest absolute Gasteiger partial charge is 0.484 e. The van der Waals surface area contributed by atoms with Gasteiger partial charge < -0.3 is 9.15 Å². The van der Waals surface area contributed by atoms with Crippen molar-refractivity contribution in [2.45, 2.75) is 6.61 Å². The van der Waals surface area contributed by atoms with Gasteiger partial charge in [-0.3, -0.25) is 4.98 Å². The Morgan fingerprint density at radius 1 is 1.22 bits per heavy atom. The Morgan fingerprint density at radius 3 is 3.00 bits per heavy atom. The van der Waals surface area contributed by atoms with Crippen molar-refractivity contribution in [3.63, 3.8) is 0 Å². The first kappa shape index (κ1) is 11.1. The molecule has 1 aromatic carbocycles. The van der Waals surface area contributed by atoms with Crippen molar-refractivity contribution in [2.24, 2.45) is 0 Å². The quantitative estimate of drug-likeness (QED) is 0.711. The number of ether oxygens (including phenoxy) is 1. The Morgan fingerprint density at radius 2 is 2.17 bits per heavy atom. The minimum absolute atomic E-state index is 0.373. The molecule has 0 saturated heterocycles. The first-order valence-electron chi connectivity index (χ1n) is 5.52. The third-order valence-electron chi connectivity index (χ3n) is 2.55. The van der Waals surface area contributed by atoms with Crippen LogP contribution >= 0.6 is 11.6 Å². The summed E-state index contributed by atoms with van der Waals surface area (Å²) in [6, 6.07) is 11.2. The molecule has 0 aliphatic heterocycles. The standard InChI is InChI=1S/C14H10ClNO2/c15-11-4-3-10-6-13(18-14(10)7-11)9-17-12-2-1-5-16-8-12/h1-8H,9H2. The number of nitrogens with zero attached hydrogens (tertiary/aromatic N) is 1.